The van der Waals surface area contributed by atoms with Gasteiger partial charge in [0.1, 0.15) is 5.75 Å². The highest BCUT2D eigenvalue weighted by Crippen LogP contribution is 2.17. The molecule has 150 valence electrons. The number of guanidine groups is 1. The molecule has 1 unspecified atom stereocenters. The summed E-state index contributed by atoms with van der Waals surface area (Å²) in [5.41, 5.74) is 1.08. The molecule has 1 aromatic carbocycles. The molecule has 1 amide bonds. The third-order valence-corrected chi connectivity index (χ3v) is 4.45. The molecule has 1 heterocycles. The van der Waals surface area contributed by atoms with Crippen LogP contribution in [0.5, 0.6) is 5.75 Å². The fraction of sp³-hybridized carbons (Fsp3) is 0.600. The quantitative estimate of drug-likeness (QED) is 0.506. The van der Waals surface area contributed by atoms with E-state index in [0.29, 0.717) is 24.8 Å². The molecule has 1 aliphatic heterocycles. The summed E-state index contributed by atoms with van der Waals surface area (Å²) >= 11 is 0. The summed E-state index contributed by atoms with van der Waals surface area (Å²) < 4.78 is 11.1. The van der Waals surface area contributed by atoms with Gasteiger partial charge in [0.05, 0.1) is 6.61 Å². The van der Waals surface area contributed by atoms with Crippen LogP contribution in [-0.4, -0.2) is 63.3 Å². The third-order valence-electron chi connectivity index (χ3n) is 4.45. The Kier molecular flexibility index (Phi) is 8.91. The molecule has 0 radical (unpaired) electrons. The first kappa shape index (κ1) is 21.0. The lowest BCUT2D eigenvalue weighted by Gasteiger charge is -2.22. The van der Waals surface area contributed by atoms with Crippen molar-refractivity contribution in [2.24, 2.45) is 10.9 Å². The van der Waals surface area contributed by atoms with Crippen LogP contribution in [0, 0.1) is 5.92 Å². The Morgan fingerprint density at radius 2 is 2.19 bits per heavy atom. The van der Waals surface area contributed by atoms with E-state index in [1.807, 2.05) is 45.2 Å². The summed E-state index contributed by atoms with van der Waals surface area (Å²) in [6.45, 7) is 8.74. The van der Waals surface area contributed by atoms with E-state index in [1.54, 1.807) is 0 Å². The molecule has 1 fully saturated rings. The molecule has 1 aliphatic rings. The van der Waals surface area contributed by atoms with Crippen molar-refractivity contribution in [1.82, 2.24) is 15.5 Å². The van der Waals surface area contributed by atoms with Crippen LogP contribution in [0.3, 0.4) is 0 Å². The van der Waals surface area contributed by atoms with Gasteiger partial charge in [-0.1, -0.05) is 12.1 Å². The highest BCUT2D eigenvalue weighted by atomic mass is 16.5. The molecule has 0 aromatic heterocycles. The van der Waals surface area contributed by atoms with Crippen LogP contribution in [0.1, 0.15) is 25.8 Å². The number of carbonyl (C=O) groups is 1. The van der Waals surface area contributed by atoms with Gasteiger partial charge >= 0.3 is 0 Å². The largest absolute Gasteiger partial charge is 0.484 e. The number of hydrogen-bond acceptors (Lipinski definition) is 4. The first-order chi connectivity index (χ1) is 13.2. The number of ether oxygens (including phenoxy) is 2. The van der Waals surface area contributed by atoms with Gasteiger partial charge in [0.15, 0.2) is 12.6 Å². The number of nitrogens with zero attached hydrogens (tertiary/aromatic N) is 2. The SMILES string of the molecule is CCNC(=O)COc1cccc(CNC(=NC)N2CCC(COCC)C2)c1. The molecule has 27 heavy (non-hydrogen) atoms. The maximum absolute atomic E-state index is 11.5. The Hall–Kier alpha value is -2.28. The summed E-state index contributed by atoms with van der Waals surface area (Å²) in [5, 5.41) is 6.14. The maximum atomic E-state index is 11.5. The molecule has 7 heteroatoms. The molecular formula is C20H32N4O3. The summed E-state index contributed by atoms with van der Waals surface area (Å²) in [6.07, 6.45) is 1.13. The zero-order chi connectivity index (χ0) is 19.5. The van der Waals surface area contributed by atoms with Crippen LogP contribution < -0.4 is 15.4 Å². The van der Waals surface area contributed by atoms with E-state index in [4.69, 9.17) is 9.47 Å². The Morgan fingerprint density at radius 1 is 1.33 bits per heavy atom. The lowest BCUT2D eigenvalue weighted by atomic mass is 10.1. The highest BCUT2D eigenvalue weighted by Gasteiger charge is 2.24. The molecule has 2 rings (SSSR count). The number of nitrogens with one attached hydrogen (secondary N) is 2. The van der Waals surface area contributed by atoms with Gasteiger partial charge in [-0.2, -0.15) is 0 Å². The van der Waals surface area contributed by atoms with Crippen molar-refractivity contribution in [3.63, 3.8) is 0 Å². The van der Waals surface area contributed by atoms with E-state index in [2.05, 4.69) is 20.5 Å². The van der Waals surface area contributed by atoms with Gasteiger partial charge in [-0.25, -0.2) is 0 Å². The Bertz CT molecular complexity index is 621. The Balaban J connectivity index is 1.82. The number of benzene rings is 1. The minimum Gasteiger partial charge on any atom is -0.484 e. The fourth-order valence-electron chi connectivity index (χ4n) is 3.10. The van der Waals surface area contributed by atoms with Crippen molar-refractivity contribution in [2.75, 3.05) is 46.5 Å². The van der Waals surface area contributed by atoms with Crippen molar-refractivity contribution in [3.8, 4) is 5.75 Å². The van der Waals surface area contributed by atoms with Gasteiger partial charge < -0.3 is 25.0 Å². The first-order valence-electron chi connectivity index (χ1n) is 9.68. The molecule has 0 saturated carbocycles. The van der Waals surface area contributed by atoms with Crippen LogP contribution in [-0.2, 0) is 16.1 Å². The van der Waals surface area contributed by atoms with Gasteiger partial charge in [-0.15, -0.1) is 0 Å². The first-order valence-corrected chi connectivity index (χ1v) is 9.68. The molecule has 1 saturated heterocycles. The van der Waals surface area contributed by atoms with E-state index in [9.17, 15) is 4.79 Å². The fourth-order valence-corrected chi connectivity index (χ4v) is 3.10. The minimum atomic E-state index is -0.114. The van der Waals surface area contributed by atoms with Crippen LogP contribution in [0.15, 0.2) is 29.3 Å². The van der Waals surface area contributed by atoms with Crippen LogP contribution in [0.4, 0.5) is 0 Å². The number of hydrogen-bond donors (Lipinski definition) is 2. The zero-order valence-electron chi connectivity index (χ0n) is 16.7. The normalized spacial score (nSPS) is 17.1. The third kappa shape index (κ3) is 7.09. The van der Waals surface area contributed by atoms with Crippen molar-refractivity contribution in [2.45, 2.75) is 26.8 Å². The summed E-state index contributed by atoms with van der Waals surface area (Å²) in [7, 11) is 1.81. The maximum Gasteiger partial charge on any atom is 0.257 e. The number of likely N-dealkylation sites (N-methyl/N-ethyl adjacent to an activating group) is 1. The topological polar surface area (TPSA) is 75.2 Å². The predicted molar refractivity (Wildman–Crippen MR) is 107 cm³/mol. The number of rotatable bonds is 9. The molecule has 7 nitrogen and oxygen atoms in total. The summed E-state index contributed by atoms with van der Waals surface area (Å²) in [4.78, 5) is 18.2. The summed E-state index contributed by atoms with van der Waals surface area (Å²) in [6, 6.07) is 7.76. The molecule has 0 aliphatic carbocycles. The van der Waals surface area contributed by atoms with E-state index < -0.39 is 0 Å². The molecule has 1 aromatic rings. The van der Waals surface area contributed by atoms with Crippen molar-refractivity contribution >= 4 is 11.9 Å². The van der Waals surface area contributed by atoms with E-state index in [0.717, 1.165) is 44.2 Å². The van der Waals surface area contributed by atoms with Crippen molar-refractivity contribution < 1.29 is 14.3 Å². The number of carbonyl (C=O) groups excluding carboxylic acids is 1. The highest BCUT2D eigenvalue weighted by molar-refractivity contribution is 5.80. The molecular weight excluding hydrogens is 344 g/mol. The van der Waals surface area contributed by atoms with Crippen LogP contribution >= 0.6 is 0 Å². The Morgan fingerprint density at radius 3 is 2.93 bits per heavy atom. The van der Waals surface area contributed by atoms with E-state index in [-0.39, 0.29) is 12.5 Å². The lowest BCUT2D eigenvalue weighted by molar-refractivity contribution is -0.122. The second kappa shape index (κ2) is 11.4. The summed E-state index contributed by atoms with van der Waals surface area (Å²) in [5.74, 6) is 2.04. The molecule has 2 N–H and O–H groups in total. The van der Waals surface area contributed by atoms with Crippen molar-refractivity contribution in [1.29, 1.82) is 0 Å². The van der Waals surface area contributed by atoms with Gasteiger partial charge in [0.25, 0.3) is 5.91 Å². The van der Waals surface area contributed by atoms with Gasteiger partial charge in [-0.05, 0) is 38.0 Å². The molecule has 1 atom stereocenters. The van der Waals surface area contributed by atoms with E-state index in [1.165, 1.54) is 0 Å². The molecule has 0 spiro atoms. The lowest BCUT2D eigenvalue weighted by Crippen LogP contribution is -2.39. The van der Waals surface area contributed by atoms with E-state index >= 15 is 0 Å². The number of amides is 1. The standard InChI is InChI=1S/C20H32N4O3/c1-4-22-19(25)15-27-18-8-6-7-16(11-18)12-23-20(21-3)24-10-9-17(13-24)14-26-5-2/h6-8,11,17H,4-5,9-10,12-15H2,1-3H3,(H,21,23)(H,22,25). The second-order valence-electron chi connectivity index (χ2n) is 6.55. The van der Waals surface area contributed by atoms with Crippen molar-refractivity contribution in [3.05, 3.63) is 29.8 Å². The second-order valence-corrected chi connectivity index (χ2v) is 6.55. The smallest absolute Gasteiger partial charge is 0.257 e. The minimum absolute atomic E-state index is 0.0292. The Labute approximate surface area is 162 Å². The average Bonchev–Trinajstić information content (AvgIpc) is 3.14. The van der Waals surface area contributed by atoms with Gasteiger partial charge in [0, 0.05) is 45.8 Å². The molecule has 0 bridgehead atoms. The predicted octanol–water partition coefficient (Wildman–Crippen LogP) is 1.64. The van der Waals surface area contributed by atoms with Crippen LogP contribution in [0.25, 0.3) is 0 Å². The van der Waals surface area contributed by atoms with Gasteiger partial charge in [-0.3, -0.25) is 9.79 Å². The average molecular weight is 377 g/mol. The zero-order valence-corrected chi connectivity index (χ0v) is 16.7. The van der Waals surface area contributed by atoms with Crippen LogP contribution in [0.2, 0.25) is 0 Å². The number of aliphatic imine (C=N–C) groups is 1. The monoisotopic (exact) mass is 376 g/mol. The van der Waals surface area contributed by atoms with Gasteiger partial charge in [0.2, 0.25) is 0 Å². The number of likely N-dealkylation sites (tertiary alicyclic amines) is 1.